The second-order valence-corrected chi connectivity index (χ2v) is 8.07. The van der Waals surface area contributed by atoms with Crippen molar-refractivity contribution in [2.45, 2.75) is 32.7 Å². The molecule has 1 aromatic rings. The molecule has 0 unspecified atom stereocenters. The molecular weight excluding hydrogens is 366 g/mol. The average molecular weight is 392 g/mol. The molecule has 2 heterocycles. The summed E-state index contributed by atoms with van der Waals surface area (Å²) < 4.78 is 24.4. The molecule has 0 saturated carbocycles. The van der Waals surface area contributed by atoms with Gasteiger partial charge in [0.25, 0.3) is 0 Å². The van der Waals surface area contributed by atoms with Crippen molar-refractivity contribution in [3.8, 4) is 0 Å². The first-order valence-corrected chi connectivity index (χ1v) is 9.95. The highest BCUT2D eigenvalue weighted by Gasteiger charge is 2.33. The third kappa shape index (κ3) is 6.75. The van der Waals surface area contributed by atoms with E-state index < -0.39 is 10.0 Å². The summed E-state index contributed by atoms with van der Waals surface area (Å²) in [5, 5.41) is 2.95. The highest BCUT2D eigenvalue weighted by Crippen LogP contribution is 2.25. The van der Waals surface area contributed by atoms with Gasteiger partial charge >= 0.3 is 0 Å². The lowest BCUT2D eigenvalue weighted by atomic mass is 9.98. The number of aromatic nitrogens is 2. The number of nitrogens with one attached hydrogen (secondary N) is 2. The Labute approximate surface area is 155 Å². The van der Waals surface area contributed by atoms with Gasteiger partial charge in [-0.05, 0) is 19.3 Å². The van der Waals surface area contributed by atoms with Gasteiger partial charge < -0.3 is 10.2 Å². The first kappa shape index (κ1) is 21.6. The van der Waals surface area contributed by atoms with Crippen LogP contribution in [-0.4, -0.2) is 56.2 Å². The second kappa shape index (κ2) is 9.30. The minimum absolute atomic E-state index is 0. The molecule has 0 aromatic carbocycles. The molecule has 0 aliphatic carbocycles. The quantitative estimate of drug-likeness (QED) is 0.700. The number of amides is 1. The minimum atomic E-state index is -3.37. The minimum Gasteiger partial charge on any atom is -0.354 e. The Morgan fingerprint density at radius 3 is 2.68 bits per heavy atom. The van der Waals surface area contributed by atoms with Crippen LogP contribution in [0.5, 0.6) is 0 Å². The number of sulfonamides is 1. The number of nitrogens with zero attached hydrogens (tertiary/aromatic N) is 3. The van der Waals surface area contributed by atoms with Crippen LogP contribution in [-0.2, 0) is 14.8 Å². The summed E-state index contributed by atoms with van der Waals surface area (Å²) in [5.41, 5.74) is 0.900. The van der Waals surface area contributed by atoms with Gasteiger partial charge in [0, 0.05) is 24.8 Å². The van der Waals surface area contributed by atoms with Crippen molar-refractivity contribution in [2.24, 2.45) is 5.92 Å². The van der Waals surface area contributed by atoms with Crippen LogP contribution in [0.1, 0.15) is 25.5 Å². The fraction of sp³-hybridized carbons (Fsp3) is 0.667. The van der Waals surface area contributed by atoms with Crippen molar-refractivity contribution in [3.63, 3.8) is 0 Å². The van der Waals surface area contributed by atoms with Gasteiger partial charge in [0.2, 0.25) is 15.9 Å². The number of halogens is 1. The zero-order valence-corrected chi connectivity index (χ0v) is 16.4. The normalized spacial score (nSPS) is 20.2. The zero-order chi connectivity index (χ0) is 17.7. The van der Waals surface area contributed by atoms with Gasteiger partial charge in [0.15, 0.2) is 0 Å². The highest BCUT2D eigenvalue weighted by atomic mass is 35.5. The maximum Gasteiger partial charge on any atom is 0.235 e. The monoisotopic (exact) mass is 391 g/mol. The molecule has 2 N–H and O–H groups in total. The molecule has 0 spiro atoms. The van der Waals surface area contributed by atoms with Crippen LogP contribution in [0.15, 0.2) is 12.4 Å². The lowest BCUT2D eigenvalue weighted by molar-refractivity contribution is -0.120. The summed E-state index contributed by atoms with van der Waals surface area (Å²) >= 11 is 0. The number of carbonyl (C=O) groups excluding carboxylic acids is 1. The molecule has 2 atom stereocenters. The van der Waals surface area contributed by atoms with Crippen molar-refractivity contribution in [2.75, 3.05) is 30.8 Å². The van der Waals surface area contributed by atoms with Gasteiger partial charge in [0.1, 0.15) is 12.1 Å². The number of anilines is 1. The van der Waals surface area contributed by atoms with Crippen molar-refractivity contribution in [1.82, 2.24) is 20.0 Å². The van der Waals surface area contributed by atoms with Crippen molar-refractivity contribution in [3.05, 3.63) is 18.1 Å². The lowest BCUT2D eigenvalue weighted by Gasteiger charge is -2.19. The van der Waals surface area contributed by atoms with Crippen molar-refractivity contribution < 1.29 is 13.2 Å². The highest BCUT2D eigenvalue weighted by molar-refractivity contribution is 7.88. The van der Waals surface area contributed by atoms with E-state index in [9.17, 15) is 13.2 Å². The molecule has 2 rings (SSSR count). The lowest BCUT2D eigenvalue weighted by Crippen LogP contribution is -2.45. The molecule has 1 amide bonds. The smallest absolute Gasteiger partial charge is 0.235 e. The maximum atomic E-state index is 12.0. The van der Waals surface area contributed by atoms with Crippen LogP contribution >= 0.6 is 12.4 Å². The van der Waals surface area contributed by atoms with E-state index >= 15 is 0 Å². The van der Waals surface area contributed by atoms with Crippen LogP contribution < -0.4 is 14.9 Å². The van der Waals surface area contributed by atoms with E-state index in [2.05, 4.69) is 31.8 Å². The van der Waals surface area contributed by atoms with E-state index in [1.54, 1.807) is 6.33 Å². The number of carbonyl (C=O) groups is 1. The topological polar surface area (TPSA) is 104 Å². The Bertz CT molecular complexity index is 685. The molecule has 10 heteroatoms. The van der Waals surface area contributed by atoms with Gasteiger partial charge in [-0.2, -0.15) is 0 Å². The third-order valence-electron chi connectivity index (χ3n) is 4.06. The molecule has 8 nitrogen and oxygen atoms in total. The Morgan fingerprint density at radius 2 is 2.08 bits per heavy atom. The van der Waals surface area contributed by atoms with Crippen molar-refractivity contribution in [1.29, 1.82) is 0 Å². The molecule has 1 aliphatic rings. The average Bonchev–Trinajstić information content (AvgIpc) is 2.88. The number of hydrogen-bond donors (Lipinski definition) is 2. The molecule has 142 valence electrons. The summed E-state index contributed by atoms with van der Waals surface area (Å²) in [6.07, 6.45) is 4.59. The van der Waals surface area contributed by atoms with Crippen LogP contribution in [0.4, 0.5) is 5.82 Å². The maximum absolute atomic E-state index is 12.0. The molecule has 0 radical (unpaired) electrons. The van der Waals surface area contributed by atoms with E-state index in [1.807, 2.05) is 13.0 Å². The predicted molar refractivity (Wildman–Crippen MR) is 99.4 cm³/mol. The van der Waals surface area contributed by atoms with Gasteiger partial charge in [-0.15, -0.1) is 12.4 Å². The molecule has 1 fully saturated rings. The summed E-state index contributed by atoms with van der Waals surface area (Å²) in [6, 6.07) is 1.91. The molecule has 25 heavy (non-hydrogen) atoms. The predicted octanol–water partition coefficient (Wildman–Crippen LogP) is 0.477. The van der Waals surface area contributed by atoms with Crippen LogP contribution in [0.25, 0.3) is 0 Å². The summed E-state index contributed by atoms with van der Waals surface area (Å²) in [4.78, 5) is 22.6. The second-order valence-electron chi connectivity index (χ2n) is 6.24. The molecule has 1 aliphatic heterocycles. The van der Waals surface area contributed by atoms with Crippen LogP contribution in [0.2, 0.25) is 0 Å². The Morgan fingerprint density at radius 1 is 1.36 bits per heavy atom. The summed E-state index contributed by atoms with van der Waals surface area (Å²) in [5.74, 6) is 0.856. The van der Waals surface area contributed by atoms with Crippen LogP contribution in [0, 0.1) is 12.8 Å². The first-order chi connectivity index (χ1) is 11.3. The van der Waals surface area contributed by atoms with Gasteiger partial charge in [-0.1, -0.05) is 13.3 Å². The SMILES string of the molecule is CCC[C@H]1CN(c2cc(C)ncn2)C[C@@H]1NC(=O)CNS(C)(=O)=O.Cl. The Kier molecular flexibility index (Phi) is 8.04. The van der Waals surface area contributed by atoms with E-state index in [4.69, 9.17) is 0 Å². The zero-order valence-electron chi connectivity index (χ0n) is 14.7. The van der Waals surface area contributed by atoms with Gasteiger partial charge in [0.05, 0.1) is 18.8 Å². The first-order valence-electron chi connectivity index (χ1n) is 8.06. The van der Waals surface area contributed by atoms with Gasteiger partial charge in [-0.3, -0.25) is 4.79 Å². The number of rotatable bonds is 7. The van der Waals surface area contributed by atoms with Crippen molar-refractivity contribution >= 4 is 34.2 Å². The Hall–Kier alpha value is -1.45. The molecular formula is C15H26ClN5O3S. The summed E-state index contributed by atoms with van der Waals surface area (Å²) in [7, 11) is -3.37. The largest absolute Gasteiger partial charge is 0.354 e. The van der Waals surface area contributed by atoms with E-state index in [-0.39, 0.29) is 30.9 Å². The van der Waals surface area contributed by atoms with Crippen LogP contribution in [0.3, 0.4) is 0 Å². The van der Waals surface area contributed by atoms with E-state index in [0.717, 1.165) is 37.2 Å². The van der Waals surface area contributed by atoms with E-state index in [1.165, 1.54) is 0 Å². The number of hydrogen-bond acceptors (Lipinski definition) is 6. The van der Waals surface area contributed by atoms with Gasteiger partial charge in [-0.25, -0.2) is 23.1 Å². The Balaban J connectivity index is 0.00000312. The molecule has 1 saturated heterocycles. The molecule has 0 bridgehead atoms. The standard InChI is InChI=1S/C15H25N5O3S.ClH/c1-4-5-12-8-20(14-6-11(2)16-10-17-14)9-13(12)19-15(21)7-18-24(3,22)23;/h6,10,12-13,18H,4-5,7-9H2,1-3H3,(H,19,21);1H/t12-,13-;/m0./s1. The third-order valence-corrected chi connectivity index (χ3v) is 4.72. The fourth-order valence-corrected chi connectivity index (χ4v) is 3.35. The number of aryl methyl sites for hydroxylation is 1. The molecule has 1 aromatic heterocycles. The van der Waals surface area contributed by atoms with E-state index in [0.29, 0.717) is 12.5 Å². The summed E-state index contributed by atoms with van der Waals surface area (Å²) in [6.45, 7) is 5.27. The fourth-order valence-electron chi connectivity index (χ4n) is 2.95.